The normalized spacial score (nSPS) is 13.6. The summed E-state index contributed by atoms with van der Waals surface area (Å²) in [5.74, 6) is -0.224. The molecule has 0 saturated carbocycles. The SMILES string of the molecule is COC(=O)[C@@H](NC(=O)OC(C)(C)C)[C@@H](C)Oc1ccccc1N. The molecule has 0 aliphatic rings. The summed E-state index contributed by atoms with van der Waals surface area (Å²) in [7, 11) is 1.23. The van der Waals surface area contributed by atoms with Crippen LogP contribution in [-0.4, -0.2) is 36.9 Å². The second-order valence-corrected chi connectivity index (χ2v) is 6.01. The Morgan fingerprint density at radius 1 is 1.22 bits per heavy atom. The lowest BCUT2D eigenvalue weighted by Crippen LogP contribution is -2.51. The molecular formula is C16H24N2O5. The number of ether oxygens (including phenoxy) is 3. The predicted octanol–water partition coefficient (Wildman–Crippen LogP) is 2.10. The quantitative estimate of drug-likeness (QED) is 0.635. The van der Waals surface area contributed by atoms with Gasteiger partial charge in [-0.3, -0.25) is 0 Å². The van der Waals surface area contributed by atoms with Gasteiger partial charge >= 0.3 is 12.1 Å². The molecule has 128 valence electrons. The molecule has 23 heavy (non-hydrogen) atoms. The molecule has 7 nitrogen and oxygen atoms in total. The summed E-state index contributed by atoms with van der Waals surface area (Å²) in [5, 5.41) is 2.46. The number of hydrogen-bond donors (Lipinski definition) is 2. The van der Waals surface area contributed by atoms with Crippen molar-refractivity contribution in [2.45, 2.75) is 45.4 Å². The Bertz CT molecular complexity index is 554. The van der Waals surface area contributed by atoms with E-state index < -0.39 is 29.8 Å². The van der Waals surface area contributed by atoms with E-state index in [1.54, 1.807) is 52.0 Å². The van der Waals surface area contributed by atoms with Crippen molar-refractivity contribution >= 4 is 17.7 Å². The Kier molecular flexibility index (Phi) is 6.24. The maximum Gasteiger partial charge on any atom is 0.408 e. The van der Waals surface area contributed by atoms with Crippen LogP contribution in [0.3, 0.4) is 0 Å². The van der Waals surface area contributed by atoms with Crippen molar-refractivity contribution < 1.29 is 23.8 Å². The molecule has 3 N–H and O–H groups in total. The first-order chi connectivity index (χ1) is 10.6. The first kappa shape index (κ1) is 18.6. The molecule has 0 heterocycles. The summed E-state index contributed by atoms with van der Waals surface area (Å²) in [6, 6.07) is 5.84. The van der Waals surface area contributed by atoms with E-state index in [1.807, 2.05) is 0 Å². The van der Waals surface area contributed by atoms with Crippen molar-refractivity contribution in [1.82, 2.24) is 5.32 Å². The third kappa shape index (κ3) is 6.06. The zero-order valence-corrected chi connectivity index (χ0v) is 14.1. The van der Waals surface area contributed by atoms with Gasteiger partial charge in [-0.25, -0.2) is 9.59 Å². The zero-order chi connectivity index (χ0) is 17.6. The topological polar surface area (TPSA) is 99.9 Å². The standard InChI is InChI=1S/C16H24N2O5/c1-10(22-12-9-7-6-8-11(12)17)13(14(19)21-5)18-15(20)23-16(2,3)4/h6-10,13H,17H2,1-5H3,(H,18,20)/t10-,13+/m1/s1. The molecule has 0 spiro atoms. The lowest BCUT2D eigenvalue weighted by Gasteiger charge is -2.26. The lowest BCUT2D eigenvalue weighted by atomic mass is 10.1. The van der Waals surface area contributed by atoms with Crippen LogP contribution in [0.2, 0.25) is 0 Å². The molecule has 7 heteroatoms. The van der Waals surface area contributed by atoms with E-state index in [4.69, 9.17) is 19.9 Å². The minimum absolute atomic E-state index is 0.417. The fraction of sp³-hybridized carbons (Fsp3) is 0.500. The van der Waals surface area contributed by atoms with Gasteiger partial charge in [0.2, 0.25) is 0 Å². The molecule has 0 radical (unpaired) electrons. The third-order valence-corrected chi connectivity index (χ3v) is 2.83. The maximum atomic E-state index is 11.9. The largest absolute Gasteiger partial charge is 0.486 e. The smallest absolute Gasteiger partial charge is 0.408 e. The molecule has 1 rings (SSSR count). The van der Waals surface area contributed by atoms with Crippen LogP contribution in [0.15, 0.2) is 24.3 Å². The minimum atomic E-state index is -1.03. The van der Waals surface area contributed by atoms with Crippen LogP contribution in [0.5, 0.6) is 5.75 Å². The Morgan fingerprint density at radius 2 is 1.83 bits per heavy atom. The molecule has 0 fully saturated rings. The summed E-state index contributed by atoms with van der Waals surface area (Å²) >= 11 is 0. The van der Waals surface area contributed by atoms with Crippen LogP contribution >= 0.6 is 0 Å². The number of para-hydroxylation sites is 2. The first-order valence-electron chi connectivity index (χ1n) is 7.22. The monoisotopic (exact) mass is 324 g/mol. The molecule has 0 aliphatic carbocycles. The first-order valence-corrected chi connectivity index (χ1v) is 7.22. The summed E-state index contributed by atoms with van der Waals surface area (Å²) < 4.78 is 15.5. The van der Waals surface area contributed by atoms with Crippen LogP contribution in [0.1, 0.15) is 27.7 Å². The van der Waals surface area contributed by atoms with Gasteiger partial charge in [0.25, 0.3) is 0 Å². The van der Waals surface area contributed by atoms with E-state index >= 15 is 0 Å². The van der Waals surface area contributed by atoms with E-state index in [1.165, 1.54) is 7.11 Å². The molecule has 0 bridgehead atoms. The Hall–Kier alpha value is -2.44. The number of nitrogen functional groups attached to an aromatic ring is 1. The second-order valence-electron chi connectivity index (χ2n) is 6.01. The average Bonchev–Trinajstić information content (AvgIpc) is 2.44. The van der Waals surface area contributed by atoms with Crippen LogP contribution in [0.25, 0.3) is 0 Å². The highest BCUT2D eigenvalue weighted by atomic mass is 16.6. The number of hydrogen-bond acceptors (Lipinski definition) is 6. The van der Waals surface area contributed by atoms with Crippen molar-refractivity contribution in [3.05, 3.63) is 24.3 Å². The van der Waals surface area contributed by atoms with Gasteiger partial charge in [-0.1, -0.05) is 12.1 Å². The minimum Gasteiger partial charge on any atom is -0.486 e. The van der Waals surface area contributed by atoms with Gasteiger partial charge in [0.05, 0.1) is 12.8 Å². The highest BCUT2D eigenvalue weighted by Gasteiger charge is 2.31. The van der Waals surface area contributed by atoms with E-state index in [9.17, 15) is 9.59 Å². The van der Waals surface area contributed by atoms with Gasteiger partial charge in [-0.2, -0.15) is 0 Å². The molecular weight excluding hydrogens is 300 g/mol. The van der Waals surface area contributed by atoms with Gasteiger partial charge in [0.15, 0.2) is 6.04 Å². The van der Waals surface area contributed by atoms with Gasteiger partial charge in [-0.15, -0.1) is 0 Å². The summed E-state index contributed by atoms with van der Waals surface area (Å²) in [4.78, 5) is 23.8. The van der Waals surface area contributed by atoms with Crippen molar-refractivity contribution in [3.8, 4) is 5.75 Å². The Balaban J connectivity index is 2.83. The van der Waals surface area contributed by atoms with Gasteiger partial charge in [0.1, 0.15) is 17.5 Å². The number of carbonyl (C=O) groups is 2. The second kappa shape index (κ2) is 7.71. The zero-order valence-electron chi connectivity index (χ0n) is 14.1. The van der Waals surface area contributed by atoms with Crippen molar-refractivity contribution in [3.63, 3.8) is 0 Å². The lowest BCUT2D eigenvalue weighted by molar-refractivity contribution is -0.145. The number of nitrogens with one attached hydrogen (secondary N) is 1. The fourth-order valence-corrected chi connectivity index (χ4v) is 1.79. The van der Waals surface area contributed by atoms with Gasteiger partial charge < -0.3 is 25.3 Å². The van der Waals surface area contributed by atoms with Crippen molar-refractivity contribution in [1.29, 1.82) is 0 Å². The van der Waals surface area contributed by atoms with E-state index in [2.05, 4.69) is 5.32 Å². The highest BCUT2D eigenvalue weighted by Crippen LogP contribution is 2.22. The molecule has 1 aromatic rings. The Morgan fingerprint density at radius 3 is 2.35 bits per heavy atom. The predicted molar refractivity (Wildman–Crippen MR) is 86.1 cm³/mol. The number of anilines is 1. The number of alkyl carbamates (subject to hydrolysis) is 1. The molecule has 0 aliphatic heterocycles. The number of carbonyl (C=O) groups excluding carboxylic acids is 2. The summed E-state index contributed by atoms with van der Waals surface area (Å²) in [6.45, 7) is 6.81. The molecule has 1 amide bonds. The van der Waals surface area contributed by atoms with E-state index in [0.29, 0.717) is 11.4 Å². The molecule has 0 unspecified atom stereocenters. The van der Waals surface area contributed by atoms with Crippen LogP contribution in [0, 0.1) is 0 Å². The van der Waals surface area contributed by atoms with Crippen LogP contribution in [-0.2, 0) is 14.3 Å². The van der Waals surface area contributed by atoms with Crippen LogP contribution < -0.4 is 15.8 Å². The molecule has 2 atom stereocenters. The Labute approximate surface area is 136 Å². The van der Waals surface area contributed by atoms with Crippen molar-refractivity contribution in [2.75, 3.05) is 12.8 Å². The molecule has 0 aromatic heterocycles. The molecule has 1 aromatic carbocycles. The number of amides is 1. The number of rotatable bonds is 5. The van der Waals surface area contributed by atoms with Crippen LogP contribution in [0.4, 0.5) is 10.5 Å². The number of nitrogens with two attached hydrogens (primary N) is 1. The summed E-state index contributed by atoms with van der Waals surface area (Å²) in [5.41, 5.74) is 5.56. The third-order valence-electron chi connectivity index (χ3n) is 2.83. The molecule has 0 saturated heterocycles. The number of esters is 1. The fourth-order valence-electron chi connectivity index (χ4n) is 1.79. The maximum absolute atomic E-state index is 11.9. The van der Waals surface area contributed by atoms with Gasteiger partial charge in [0, 0.05) is 0 Å². The highest BCUT2D eigenvalue weighted by molar-refractivity contribution is 5.82. The summed E-state index contributed by atoms with van der Waals surface area (Å²) in [6.07, 6.45) is -1.44. The average molecular weight is 324 g/mol. The van der Waals surface area contributed by atoms with E-state index in [0.717, 1.165) is 0 Å². The van der Waals surface area contributed by atoms with E-state index in [-0.39, 0.29) is 0 Å². The number of methoxy groups -OCH3 is 1. The number of benzene rings is 1. The van der Waals surface area contributed by atoms with Crippen molar-refractivity contribution in [2.24, 2.45) is 0 Å². The van der Waals surface area contributed by atoms with Gasteiger partial charge in [-0.05, 0) is 39.8 Å².